The summed E-state index contributed by atoms with van der Waals surface area (Å²) in [4.78, 5) is 12.6. The standard InChI is InChI=1S/C25H45NO10/c1-12(2)7-8-15(35-24-22(30)20(26)21(29)14(5)34-24)9-18-19(23(31)33-6)17(28)11-25(32,36-18)10-16(27)13(3)4/h7-8,12-22,24,27-30,32H,9-11,26H2,1-6H3/b8-7+/t14?,15-,16+,17-,18-,19+,20?,21?,22?,24?,25+/m0/s1. The van der Waals surface area contributed by atoms with E-state index in [0.29, 0.717) is 0 Å². The molecule has 11 atom stereocenters. The molecule has 2 saturated heterocycles. The number of ether oxygens (including phenoxy) is 4. The Morgan fingerprint density at radius 2 is 1.81 bits per heavy atom. The number of carbonyl (C=O) groups excluding carboxylic acids is 1. The molecule has 0 aliphatic carbocycles. The Balaban J connectivity index is 2.32. The van der Waals surface area contributed by atoms with Crippen LogP contribution in [0.4, 0.5) is 0 Å². The minimum Gasteiger partial charge on any atom is -0.469 e. The van der Waals surface area contributed by atoms with Crippen molar-refractivity contribution >= 4 is 5.97 Å². The SMILES string of the molecule is COC(=O)[C@H]1[C@H](C[C@H](/C=C/C(C)C)OC2OC(C)C(O)C(N)C2O)O[C@](O)(C[C@@H](O)C(C)C)C[C@@H]1O. The van der Waals surface area contributed by atoms with Crippen LogP contribution in [0.25, 0.3) is 0 Å². The highest BCUT2D eigenvalue weighted by Gasteiger charge is 2.51. The number of aliphatic hydroxyl groups is 5. The molecule has 7 N–H and O–H groups in total. The number of rotatable bonds is 10. The number of hydrogen-bond acceptors (Lipinski definition) is 11. The van der Waals surface area contributed by atoms with E-state index in [1.165, 1.54) is 7.11 Å². The van der Waals surface area contributed by atoms with Gasteiger partial charge in [-0.1, -0.05) is 39.8 Å². The summed E-state index contributed by atoms with van der Waals surface area (Å²) in [6, 6.07) is -0.994. The van der Waals surface area contributed by atoms with Crippen molar-refractivity contribution in [3.63, 3.8) is 0 Å². The first-order chi connectivity index (χ1) is 16.7. The molecule has 0 saturated carbocycles. The van der Waals surface area contributed by atoms with Crippen molar-refractivity contribution in [3.8, 4) is 0 Å². The van der Waals surface area contributed by atoms with Crippen LogP contribution in [-0.4, -0.2) is 99.5 Å². The van der Waals surface area contributed by atoms with Gasteiger partial charge in [-0.2, -0.15) is 0 Å². The largest absolute Gasteiger partial charge is 0.469 e. The summed E-state index contributed by atoms with van der Waals surface area (Å²) < 4.78 is 22.5. The van der Waals surface area contributed by atoms with Gasteiger partial charge in [0.2, 0.25) is 0 Å². The first-order valence-electron chi connectivity index (χ1n) is 12.6. The predicted octanol–water partition coefficient (Wildman–Crippen LogP) is -0.198. The molecule has 5 unspecified atom stereocenters. The molecule has 2 heterocycles. The van der Waals surface area contributed by atoms with Crippen molar-refractivity contribution in [3.05, 3.63) is 12.2 Å². The highest BCUT2D eigenvalue weighted by Crippen LogP contribution is 2.38. The fraction of sp³-hybridized carbons (Fsp3) is 0.880. The van der Waals surface area contributed by atoms with E-state index in [2.05, 4.69) is 0 Å². The maximum atomic E-state index is 12.6. The zero-order valence-corrected chi connectivity index (χ0v) is 22.1. The smallest absolute Gasteiger partial charge is 0.313 e. The Morgan fingerprint density at radius 3 is 2.36 bits per heavy atom. The maximum Gasteiger partial charge on any atom is 0.313 e. The van der Waals surface area contributed by atoms with Crippen molar-refractivity contribution in [2.45, 2.75) is 115 Å². The summed E-state index contributed by atoms with van der Waals surface area (Å²) in [7, 11) is 1.20. The maximum absolute atomic E-state index is 12.6. The highest BCUT2D eigenvalue weighted by molar-refractivity contribution is 5.74. The third-order valence-corrected chi connectivity index (χ3v) is 6.87. The average Bonchev–Trinajstić information content (AvgIpc) is 2.78. The molecule has 0 aromatic heterocycles. The van der Waals surface area contributed by atoms with E-state index in [-0.39, 0.29) is 31.1 Å². The molecule has 0 bridgehead atoms. The van der Waals surface area contributed by atoms with Crippen molar-refractivity contribution in [1.29, 1.82) is 0 Å². The van der Waals surface area contributed by atoms with Crippen LogP contribution in [0, 0.1) is 17.8 Å². The second-order valence-corrected chi connectivity index (χ2v) is 10.7. The van der Waals surface area contributed by atoms with E-state index in [0.717, 1.165) is 0 Å². The van der Waals surface area contributed by atoms with Crippen molar-refractivity contribution in [2.24, 2.45) is 23.5 Å². The topological polar surface area (TPSA) is 181 Å². The van der Waals surface area contributed by atoms with Crippen LogP contribution in [0.5, 0.6) is 0 Å². The van der Waals surface area contributed by atoms with Gasteiger partial charge in [-0.25, -0.2) is 0 Å². The van der Waals surface area contributed by atoms with E-state index in [1.54, 1.807) is 26.8 Å². The number of esters is 1. The van der Waals surface area contributed by atoms with Gasteiger partial charge in [0.15, 0.2) is 12.1 Å². The summed E-state index contributed by atoms with van der Waals surface area (Å²) in [5.41, 5.74) is 5.94. The summed E-state index contributed by atoms with van der Waals surface area (Å²) in [6.07, 6.45) is -5.17. The Bertz CT molecular complexity index is 734. The summed E-state index contributed by atoms with van der Waals surface area (Å²) in [6.45, 7) is 9.11. The zero-order chi connectivity index (χ0) is 27.4. The predicted molar refractivity (Wildman–Crippen MR) is 129 cm³/mol. The van der Waals surface area contributed by atoms with Crippen molar-refractivity contribution in [1.82, 2.24) is 0 Å². The number of nitrogens with two attached hydrogens (primary N) is 1. The number of carbonyl (C=O) groups is 1. The highest BCUT2D eigenvalue weighted by atomic mass is 16.7. The van der Waals surface area contributed by atoms with Gasteiger partial charge in [0.1, 0.15) is 12.0 Å². The molecule has 2 fully saturated rings. The molecule has 0 spiro atoms. The number of methoxy groups -OCH3 is 1. The third-order valence-electron chi connectivity index (χ3n) is 6.87. The van der Waals surface area contributed by atoms with Crippen LogP contribution in [0.2, 0.25) is 0 Å². The second-order valence-electron chi connectivity index (χ2n) is 10.7. The molecule has 0 aromatic rings. The molecular formula is C25H45NO10. The van der Waals surface area contributed by atoms with Crippen LogP contribution < -0.4 is 5.73 Å². The van der Waals surface area contributed by atoms with E-state index in [4.69, 9.17) is 24.7 Å². The molecule has 0 aromatic carbocycles. The molecule has 11 heteroatoms. The van der Waals surface area contributed by atoms with Gasteiger partial charge in [-0.3, -0.25) is 4.79 Å². The second kappa shape index (κ2) is 13.1. The monoisotopic (exact) mass is 519 g/mol. The van der Waals surface area contributed by atoms with Crippen LogP contribution in [-0.2, 0) is 23.7 Å². The fourth-order valence-electron chi connectivity index (χ4n) is 4.55. The Kier molecular flexibility index (Phi) is 11.3. The molecule has 2 aliphatic rings. The van der Waals surface area contributed by atoms with Gasteiger partial charge >= 0.3 is 5.97 Å². The number of hydrogen-bond donors (Lipinski definition) is 6. The quantitative estimate of drug-likeness (QED) is 0.166. The lowest BCUT2D eigenvalue weighted by molar-refractivity contribution is -0.309. The molecule has 36 heavy (non-hydrogen) atoms. The lowest BCUT2D eigenvalue weighted by Crippen LogP contribution is -2.61. The van der Waals surface area contributed by atoms with Crippen molar-refractivity contribution < 1.29 is 49.3 Å². The molecule has 11 nitrogen and oxygen atoms in total. The Hall–Kier alpha value is -1.15. The first-order valence-corrected chi connectivity index (χ1v) is 12.6. The first kappa shape index (κ1) is 31.1. The minimum absolute atomic E-state index is 0.0150. The lowest BCUT2D eigenvalue weighted by Gasteiger charge is -2.45. The van der Waals surface area contributed by atoms with Crippen molar-refractivity contribution in [2.75, 3.05) is 7.11 Å². The van der Waals surface area contributed by atoms with Gasteiger partial charge in [-0.05, 0) is 18.8 Å². The summed E-state index contributed by atoms with van der Waals surface area (Å²) in [5.74, 6) is -3.73. The van der Waals surface area contributed by atoms with Gasteiger partial charge in [-0.15, -0.1) is 0 Å². The van der Waals surface area contributed by atoms with E-state index in [9.17, 15) is 30.3 Å². The molecule has 210 valence electrons. The molecule has 0 amide bonds. The van der Waals surface area contributed by atoms with Crippen LogP contribution in [0.1, 0.15) is 53.9 Å². The average molecular weight is 520 g/mol. The molecule has 0 radical (unpaired) electrons. The van der Waals surface area contributed by atoms with E-state index in [1.807, 2.05) is 19.9 Å². The lowest BCUT2D eigenvalue weighted by atomic mass is 9.82. The normalized spacial score (nSPS) is 39.5. The number of aliphatic hydroxyl groups excluding tert-OH is 4. The summed E-state index contributed by atoms with van der Waals surface area (Å²) >= 11 is 0. The summed E-state index contributed by atoms with van der Waals surface area (Å²) in [5, 5.41) is 53.0. The van der Waals surface area contributed by atoms with Gasteiger partial charge < -0.3 is 50.2 Å². The van der Waals surface area contributed by atoms with Crippen LogP contribution >= 0.6 is 0 Å². The van der Waals surface area contributed by atoms with E-state index >= 15 is 0 Å². The third kappa shape index (κ3) is 7.92. The molecular weight excluding hydrogens is 474 g/mol. The Morgan fingerprint density at radius 1 is 1.17 bits per heavy atom. The van der Waals surface area contributed by atoms with Gasteiger partial charge in [0.25, 0.3) is 0 Å². The molecule has 2 rings (SSSR count). The van der Waals surface area contributed by atoms with Gasteiger partial charge in [0.05, 0.1) is 49.8 Å². The van der Waals surface area contributed by atoms with Crippen LogP contribution in [0.15, 0.2) is 12.2 Å². The van der Waals surface area contributed by atoms with Crippen LogP contribution in [0.3, 0.4) is 0 Å². The molecule has 2 aliphatic heterocycles. The van der Waals surface area contributed by atoms with Gasteiger partial charge in [0, 0.05) is 19.3 Å². The zero-order valence-electron chi connectivity index (χ0n) is 22.1. The fourth-order valence-corrected chi connectivity index (χ4v) is 4.55. The van der Waals surface area contributed by atoms with E-state index < -0.39 is 72.7 Å². The number of allylic oxidation sites excluding steroid dienone is 1. The Labute approximate surface area is 213 Å². The minimum atomic E-state index is -1.88.